The number of carbonyl (C=O) groups excluding carboxylic acids is 1. The van der Waals surface area contributed by atoms with Gasteiger partial charge < -0.3 is 10.1 Å². The van der Waals surface area contributed by atoms with Crippen LogP contribution in [0.5, 0.6) is 0 Å². The smallest absolute Gasteiger partial charge is 0.338 e. The van der Waals surface area contributed by atoms with E-state index in [-0.39, 0.29) is 5.91 Å². The van der Waals surface area contributed by atoms with Gasteiger partial charge >= 0.3 is 5.97 Å². The van der Waals surface area contributed by atoms with Crippen LogP contribution < -0.4 is 4.90 Å². The molecule has 30 heavy (non-hydrogen) atoms. The first kappa shape index (κ1) is 20.1. The van der Waals surface area contributed by atoms with Gasteiger partial charge in [0.1, 0.15) is 5.82 Å². The Morgan fingerprint density at radius 1 is 1.20 bits per heavy atom. The summed E-state index contributed by atoms with van der Waals surface area (Å²) in [5.41, 5.74) is 3.14. The summed E-state index contributed by atoms with van der Waals surface area (Å²) in [6.07, 6.45) is 1.69. The molecule has 1 aromatic heterocycles. The van der Waals surface area contributed by atoms with Crippen molar-refractivity contribution in [2.45, 2.75) is 6.92 Å². The van der Waals surface area contributed by atoms with Gasteiger partial charge in [0, 0.05) is 11.4 Å². The van der Waals surface area contributed by atoms with Gasteiger partial charge in [0.15, 0.2) is 4.32 Å². The summed E-state index contributed by atoms with van der Waals surface area (Å²) < 4.78 is 14.1. The van der Waals surface area contributed by atoms with Crippen molar-refractivity contribution in [1.29, 1.82) is 0 Å². The van der Waals surface area contributed by atoms with E-state index in [9.17, 15) is 14.0 Å². The third kappa shape index (κ3) is 3.79. The SMILES string of the molecule is Cc1cccc(N2C(=O)/C(=C/c3ccc(-c4ccc(F)c(C(=O)O)c4)[nH]3)SC2=S)c1. The van der Waals surface area contributed by atoms with Gasteiger partial charge in [-0.2, -0.15) is 0 Å². The molecular weight excluding hydrogens is 423 g/mol. The molecule has 2 heterocycles. The second-order valence-electron chi connectivity index (χ2n) is 6.68. The van der Waals surface area contributed by atoms with E-state index in [2.05, 4.69) is 4.98 Å². The Hall–Kier alpha value is -3.23. The Labute approximate surface area is 181 Å². The van der Waals surface area contributed by atoms with Crippen molar-refractivity contribution in [3.8, 4) is 11.3 Å². The Morgan fingerprint density at radius 2 is 2.00 bits per heavy atom. The number of halogens is 1. The Morgan fingerprint density at radius 3 is 2.73 bits per heavy atom. The highest BCUT2D eigenvalue weighted by molar-refractivity contribution is 8.27. The third-order valence-electron chi connectivity index (χ3n) is 4.56. The van der Waals surface area contributed by atoms with Crippen LogP contribution >= 0.6 is 24.0 Å². The van der Waals surface area contributed by atoms with Crippen LogP contribution in [-0.2, 0) is 4.79 Å². The highest BCUT2D eigenvalue weighted by atomic mass is 32.2. The fourth-order valence-electron chi connectivity index (χ4n) is 3.12. The average molecular weight is 439 g/mol. The normalized spacial score (nSPS) is 15.3. The Bertz CT molecular complexity index is 1230. The van der Waals surface area contributed by atoms with Gasteiger partial charge in [-0.3, -0.25) is 9.69 Å². The number of nitrogens with zero attached hydrogens (tertiary/aromatic N) is 1. The molecule has 1 saturated heterocycles. The van der Waals surface area contributed by atoms with E-state index in [1.54, 1.807) is 18.2 Å². The molecule has 0 aliphatic carbocycles. The van der Waals surface area contributed by atoms with Crippen molar-refractivity contribution in [1.82, 2.24) is 4.98 Å². The molecule has 0 radical (unpaired) electrons. The lowest BCUT2D eigenvalue weighted by Gasteiger charge is -2.14. The number of amides is 1. The number of anilines is 1. The molecule has 0 atom stereocenters. The first-order valence-electron chi connectivity index (χ1n) is 8.90. The monoisotopic (exact) mass is 438 g/mol. The zero-order chi connectivity index (χ0) is 21.4. The number of nitrogens with one attached hydrogen (secondary N) is 1. The third-order valence-corrected chi connectivity index (χ3v) is 5.86. The molecule has 1 amide bonds. The summed E-state index contributed by atoms with van der Waals surface area (Å²) in [5, 5.41) is 9.11. The molecule has 0 bridgehead atoms. The number of thiocarbonyl (C=S) groups is 1. The maximum atomic E-state index is 13.6. The maximum absolute atomic E-state index is 13.6. The van der Waals surface area contributed by atoms with Crippen LogP contribution in [0.4, 0.5) is 10.1 Å². The van der Waals surface area contributed by atoms with Crippen molar-refractivity contribution in [3.63, 3.8) is 0 Å². The number of aromatic nitrogens is 1. The number of hydrogen-bond acceptors (Lipinski definition) is 4. The highest BCUT2D eigenvalue weighted by Crippen LogP contribution is 2.36. The first-order valence-corrected chi connectivity index (χ1v) is 10.1. The van der Waals surface area contributed by atoms with Gasteiger partial charge in [-0.25, -0.2) is 9.18 Å². The van der Waals surface area contributed by atoms with Gasteiger partial charge in [-0.05, 0) is 66.6 Å². The fraction of sp³-hybridized carbons (Fsp3) is 0.0455. The summed E-state index contributed by atoms with van der Waals surface area (Å²) in [6, 6.07) is 14.9. The van der Waals surface area contributed by atoms with Gasteiger partial charge in [-0.1, -0.05) is 36.1 Å². The van der Waals surface area contributed by atoms with Crippen LogP contribution in [-0.4, -0.2) is 26.3 Å². The van der Waals surface area contributed by atoms with E-state index >= 15 is 0 Å². The quantitative estimate of drug-likeness (QED) is 0.431. The molecule has 0 unspecified atom stereocenters. The number of thioether (sulfide) groups is 1. The van der Waals surface area contributed by atoms with Crippen molar-refractivity contribution < 1.29 is 19.1 Å². The number of aromatic amines is 1. The molecule has 0 spiro atoms. The topological polar surface area (TPSA) is 73.4 Å². The fourth-order valence-corrected chi connectivity index (χ4v) is 4.41. The first-order chi connectivity index (χ1) is 14.3. The standard InChI is InChI=1S/C22H15FN2O3S2/c1-12-3-2-4-15(9-12)25-20(26)19(30-22(25)29)11-14-6-8-18(24-14)13-5-7-17(23)16(10-13)21(27)28/h2-11,24H,1H3,(H,27,28)/b19-11-. The molecule has 2 N–H and O–H groups in total. The van der Waals surface area contributed by atoms with Crippen LogP contribution in [0.3, 0.4) is 0 Å². The van der Waals surface area contributed by atoms with Crippen LogP contribution in [0.2, 0.25) is 0 Å². The minimum Gasteiger partial charge on any atom is -0.478 e. The van der Waals surface area contributed by atoms with Crippen molar-refractivity contribution in [2.75, 3.05) is 4.90 Å². The second-order valence-corrected chi connectivity index (χ2v) is 8.36. The molecule has 2 aromatic carbocycles. The molecule has 3 aromatic rings. The number of carboxylic acids is 1. The van der Waals surface area contributed by atoms with Gasteiger partial charge in [0.2, 0.25) is 0 Å². The minimum absolute atomic E-state index is 0.207. The van der Waals surface area contributed by atoms with E-state index in [4.69, 9.17) is 17.3 Å². The number of rotatable bonds is 4. The van der Waals surface area contributed by atoms with Crippen molar-refractivity contribution in [3.05, 3.63) is 82.1 Å². The molecule has 4 rings (SSSR count). The number of carboxylic acid groups (broad SMARTS) is 1. The minimum atomic E-state index is -1.33. The van der Waals surface area contributed by atoms with E-state index in [0.29, 0.717) is 26.2 Å². The van der Waals surface area contributed by atoms with Crippen molar-refractivity contribution >= 4 is 51.9 Å². The lowest BCUT2D eigenvalue weighted by atomic mass is 10.1. The van der Waals surface area contributed by atoms with Crippen LogP contribution in [0.25, 0.3) is 17.3 Å². The summed E-state index contributed by atoms with van der Waals surface area (Å²) in [5.74, 6) is -2.33. The summed E-state index contributed by atoms with van der Waals surface area (Å²) in [7, 11) is 0. The van der Waals surface area contributed by atoms with Gasteiger partial charge in [0.25, 0.3) is 5.91 Å². The average Bonchev–Trinajstić information content (AvgIpc) is 3.26. The zero-order valence-corrected chi connectivity index (χ0v) is 17.3. The van der Waals surface area contributed by atoms with Crippen LogP contribution in [0.1, 0.15) is 21.6 Å². The van der Waals surface area contributed by atoms with E-state index < -0.39 is 17.3 Å². The number of hydrogen-bond donors (Lipinski definition) is 2. The highest BCUT2D eigenvalue weighted by Gasteiger charge is 2.33. The number of H-pyrrole nitrogens is 1. The maximum Gasteiger partial charge on any atom is 0.338 e. The summed E-state index contributed by atoms with van der Waals surface area (Å²) in [6.45, 7) is 1.95. The Balaban J connectivity index is 1.62. The van der Waals surface area contributed by atoms with Crippen LogP contribution in [0.15, 0.2) is 59.5 Å². The summed E-state index contributed by atoms with van der Waals surface area (Å²) >= 11 is 6.61. The predicted molar refractivity (Wildman–Crippen MR) is 120 cm³/mol. The van der Waals surface area contributed by atoms with Crippen LogP contribution in [0, 0.1) is 12.7 Å². The molecule has 5 nitrogen and oxygen atoms in total. The number of benzene rings is 2. The molecule has 8 heteroatoms. The number of aromatic carboxylic acids is 1. The number of carbonyl (C=O) groups is 2. The second kappa shape index (κ2) is 7.89. The molecule has 1 aliphatic heterocycles. The van der Waals surface area contributed by atoms with Gasteiger partial charge in [0.05, 0.1) is 16.2 Å². The summed E-state index contributed by atoms with van der Waals surface area (Å²) in [4.78, 5) is 29.2. The molecule has 1 aliphatic rings. The molecule has 150 valence electrons. The predicted octanol–water partition coefficient (Wildman–Crippen LogP) is 5.23. The lowest BCUT2D eigenvalue weighted by molar-refractivity contribution is -0.113. The molecule has 0 saturated carbocycles. The molecular formula is C22H15FN2O3S2. The van der Waals surface area contributed by atoms with Crippen molar-refractivity contribution in [2.24, 2.45) is 0 Å². The zero-order valence-electron chi connectivity index (χ0n) is 15.7. The van der Waals surface area contributed by atoms with E-state index in [1.807, 2.05) is 31.2 Å². The molecule has 1 fully saturated rings. The van der Waals surface area contributed by atoms with E-state index in [1.165, 1.54) is 28.8 Å². The number of aryl methyl sites for hydroxylation is 1. The van der Waals surface area contributed by atoms with E-state index in [0.717, 1.165) is 17.3 Å². The van der Waals surface area contributed by atoms with Gasteiger partial charge in [-0.15, -0.1) is 0 Å². The Kier molecular flexibility index (Phi) is 5.27. The lowest BCUT2D eigenvalue weighted by Crippen LogP contribution is -2.27. The largest absolute Gasteiger partial charge is 0.478 e.